The van der Waals surface area contributed by atoms with Crippen molar-refractivity contribution in [3.8, 4) is 0 Å². The highest BCUT2D eigenvalue weighted by molar-refractivity contribution is 8.11. The molecule has 0 radical (unpaired) electrons. The van der Waals surface area contributed by atoms with Gasteiger partial charge in [0.2, 0.25) is 0 Å². The molecular weight excluding hydrogens is 508 g/mol. The Hall–Kier alpha value is 0.0800. The van der Waals surface area contributed by atoms with Crippen molar-refractivity contribution in [3.05, 3.63) is 0 Å². The third kappa shape index (κ3) is 6.01. The molecule has 2 rings (SSSR count). The van der Waals surface area contributed by atoms with E-state index >= 15 is 0 Å². The second kappa shape index (κ2) is 12.2. The third-order valence-electron chi connectivity index (χ3n) is 5.42. The maximum atomic E-state index is 10.4. The van der Waals surface area contributed by atoms with E-state index in [9.17, 15) is 40.9 Å². The molecule has 12 nitrogen and oxygen atoms in total. The zero-order valence-electron chi connectivity index (χ0n) is 16.6. The van der Waals surface area contributed by atoms with E-state index in [1.54, 1.807) is 0 Å². The summed E-state index contributed by atoms with van der Waals surface area (Å²) in [7, 11) is 0. The monoisotopic (exact) mass is 536 g/mol. The fourth-order valence-electron chi connectivity index (χ4n) is 3.56. The van der Waals surface area contributed by atoms with Crippen LogP contribution in [0.15, 0.2) is 0 Å². The molecule has 0 unspecified atom stereocenters. The van der Waals surface area contributed by atoms with Crippen LogP contribution in [0.2, 0.25) is 0 Å². The van der Waals surface area contributed by atoms with Crippen LogP contribution in [-0.4, -0.2) is 147 Å². The molecule has 0 aromatic carbocycles. The third-order valence-corrected chi connectivity index (χ3v) is 6.40. The quantitative estimate of drug-likeness (QED) is 0.111. The van der Waals surface area contributed by atoms with E-state index in [0.29, 0.717) is 0 Å². The summed E-state index contributed by atoms with van der Waals surface area (Å²) in [4.78, 5) is 2.51. The van der Waals surface area contributed by atoms with Crippen molar-refractivity contribution >= 4 is 58.3 Å². The van der Waals surface area contributed by atoms with Gasteiger partial charge in [-0.1, -0.05) is 24.4 Å². The molecule has 0 aromatic heterocycles. The van der Waals surface area contributed by atoms with E-state index in [1.807, 2.05) is 0 Å². The predicted octanol–water partition coefficient (Wildman–Crippen LogP) is -4.38. The molecule has 32 heavy (non-hydrogen) atoms. The summed E-state index contributed by atoms with van der Waals surface area (Å²) in [5.41, 5.74) is 0. The SMILES string of the molecule is OC[C@@H]1O[C@H](N(CCN(C(=S)S)[C@@H]2O[C@H](CO)[C@@H](O)[C@H](O)[C@H]2O)C(=S)S)[C@@H](O)[C@H](O)[C@H]1O. The number of thiocarbonyl (C=S) groups is 2. The zero-order valence-corrected chi connectivity index (χ0v) is 20.0. The first kappa shape index (κ1) is 28.3. The lowest BCUT2D eigenvalue weighted by molar-refractivity contribution is -0.260. The molecule has 0 amide bonds. The molecule has 0 spiro atoms. The number of aliphatic hydroxyl groups is 8. The summed E-state index contributed by atoms with van der Waals surface area (Å²) in [6.45, 7) is -1.43. The van der Waals surface area contributed by atoms with Crippen LogP contribution in [-0.2, 0) is 9.47 Å². The zero-order chi connectivity index (χ0) is 24.3. The van der Waals surface area contributed by atoms with Crippen LogP contribution in [0.5, 0.6) is 0 Å². The van der Waals surface area contributed by atoms with Crippen molar-refractivity contribution in [2.75, 3.05) is 26.3 Å². The number of hydrogen-bond acceptors (Lipinski definition) is 12. The average Bonchev–Trinajstić information content (AvgIpc) is 2.75. The van der Waals surface area contributed by atoms with Gasteiger partial charge in [-0.15, -0.1) is 25.3 Å². The summed E-state index contributed by atoms with van der Waals surface area (Å²) in [6.07, 6.45) is -14.5. The summed E-state index contributed by atoms with van der Waals surface area (Å²) in [5.74, 6) is 0. The maximum Gasteiger partial charge on any atom is 0.160 e. The van der Waals surface area contributed by atoms with Crippen molar-refractivity contribution in [1.82, 2.24) is 9.80 Å². The van der Waals surface area contributed by atoms with Crippen molar-refractivity contribution in [2.45, 2.75) is 61.3 Å². The number of nitrogens with zero attached hydrogens (tertiary/aromatic N) is 2. The number of thiol groups is 2. The Balaban J connectivity index is 2.20. The lowest BCUT2D eigenvalue weighted by Gasteiger charge is -2.47. The summed E-state index contributed by atoms with van der Waals surface area (Å²) in [6, 6.07) is 0. The molecule has 2 saturated heterocycles. The minimum Gasteiger partial charge on any atom is -0.394 e. The molecule has 2 aliphatic heterocycles. The molecular formula is C16H28N2O10S4. The van der Waals surface area contributed by atoms with E-state index < -0.39 is 74.5 Å². The van der Waals surface area contributed by atoms with Crippen LogP contribution in [0.3, 0.4) is 0 Å². The van der Waals surface area contributed by atoms with Crippen molar-refractivity contribution < 1.29 is 50.3 Å². The molecule has 186 valence electrons. The second-order valence-corrected chi connectivity index (χ2v) is 9.62. The van der Waals surface area contributed by atoms with Crippen LogP contribution in [0.25, 0.3) is 0 Å². The first-order valence-electron chi connectivity index (χ1n) is 9.56. The normalized spacial score (nSPS) is 40.1. The van der Waals surface area contributed by atoms with Gasteiger partial charge in [-0.05, 0) is 0 Å². The molecule has 16 heteroatoms. The van der Waals surface area contributed by atoms with Crippen LogP contribution in [0.4, 0.5) is 0 Å². The molecule has 10 atom stereocenters. The molecule has 8 N–H and O–H groups in total. The topological polar surface area (TPSA) is 187 Å². The Labute approximate surface area is 205 Å². The molecule has 0 aliphatic carbocycles. The number of hydrogen-bond donors (Lipinski definition) is 10. The highest BCUT2D eigenvalue weighted by Crippen LogP contribution is 2.27. The van der Waals surface area contributed by atoms with E-state index in [1.165, 1.54) is 9.80 Å². The van der Waals surface area contributed by atoms with E-state index in [4.69, 9.17) is 33.9 Å². The Morgan fingerprint density at radius 2 is 0.938 bits per heavy atom. The minimum absolute atomic E-state index is 0.0619. The molecule has 0 bridgehead atoms. The van der Waals surface area contributed by atoms with Crippen molar-refractivity contribution in [1.29, 1.82) is 0 Å². The van der Waals surface area contributed by atoms with Crippen molar-refractivity contribution in [2.24, 2.45) is 0 Å². The Morgan fingerprint density at radius 1 is 0.625 bits per heavy atom. The largest absolute Gasteiger partial charge is 0.394 e. The van der Waals surface area contributed by atoms with Crippen LogP contribution in [0, 0.1) is 0 Å². The lowest BCUT2D eigenvalue weighted by Crippen LogP contribution is -2.65. The van der Waals surface area contributed by atoms with Gasteiger partial charge in [0.1, 0.15) is 57.5 Å². The van der Waals surface area contributed by atoms with Crippen LogP contribution < -0.4 is 0 Å². The van der Waals surface area contributed by atoms with Crippen LogP contribution in [0.1, 0.15) is 0 Å². The second-order valence-electron chi connectivity index (χ2n) is 7.39. The van der Waals surface area contributed by atoms with E-state index in [0.717, 1.165) is 0 Å². The summed E-state index contributed by atoms with van der Waals surface area (Å²) >= 11 is 18.4. The van der Waals surface area contributed by atoms with Gasteiger partial charge in [-0.25, -0.2) is 0 Å². The van der Waals surface area contributed by atoms with Gasteiger partial charge in [0.05, 0.1) is 13.2 Å². The van der Waals surface area contributed by atoms with Crippen molar-refractivity contribution in [3.63, 3.8) is 0 Å². The lowest BCUT2D eigenvalue weighted by atomic mass is 9.97. The van der Waals surface area contributed by atoms with Gasteiger partial charge in [-0.3, -0.25) is 0 Å². The fourth-order valence-corrected chi connectivity index (χ4v) is 4.38. The number of ether oxygens (including phenoxy) is 2. The number of rotatable bonds is 7. The fraction of sp³-hybridized carbons (Fsp3) is 0.875. The first-order chi connectivity index (χ1) is 15.0. The summed E-state index contributed by atoms with van der Waals surface area (Å²) in [5, 5.41) is 79.6. The molecule has 2 fully saturated rings. The van der Waals surface area contributed by atoms with Gasteiger partial charge in [-0.2, -0.15) is 0 Å². The Morgan fingerprint density at radius 3 is 1.19 bits per heavy atom. The molecule has 2 aliphatic rings. The smallest absolute Gasteiger partial charge is 0.160 e. The Bertz CT molecular complexity index is 608. The predicted molar refractivity (Wildman–Crippen MR) is 124 cm³/mol. The van der Waals surface area contributed by atoms with E-state index in [2.05, 4.69) is 25.3 Å². The molecule has 2 heterocycles. The highest BCUT2D eigenvalue weighted by atomic mass is 32.1. The molecule has 0 saturated carbocycles. The highest BCUT2D eigenvalue weighted by Gasteiger charge is 2.48. The average molecular weight is 537 g/mol. The van der Waals surface area contributed by atoms with Gasteiger partial charge < -0.3 is 60.1 Å². The minimum atomic E-state index is -1.64. The van der Waals surface area contributed by atoms with Gasteiger partial charge in [0.25, 0.3) is 0 Å². The van der Waals surface area contributed by atoms with Gasteiger partial charge in [0, 0.05) is 13.1 Å². The standard InChI is InChI=1S/C16H28N2O10S4/c19-3-5-7(21)9(23)11(25)13(27-5)17(15(29)30)1-2-18(16(31)32)14-12(26)10(24)8(22)6(4-20)28-14/h5-14,19-26H,1-4H2,(H,29,30)(H,31,32)/t5-,6+,7-,8+,9+,10-,11-,12+,13-,14+. The van der Waals surface area contributed by atoms with Gasteiger partial charge >= 0.3 is 0 Å². The van der Waals surface area contributed by atoms with Crippen LogP contribution >= 0.6 is 49.7 Å². The van der Waals surface area contributed by atoms with E-state index in [-0.39, 0.29) is 21.7 Å². The van der Waals surface area contributed by atoms with Gasteiger partial charge in [0.15, 0.2) is 12.5 Å². The molecule has 0 aromatic rings. The number of aliphatic hydroxyl groups excluding tert-OH is 8. The first-order valence-corrected chi connectivity index (χ1v) is 11.3. The Kier molecular flexibility index (Phi) is 10.8. The summed E-state index contributed by atoms with van der Waals surface area (Å²) < 4.78 is 10.9. The maximum absolute atomic E-state index is 10.4.